The first-order valence-electron chi connectivity index (χ1n) is 8.57. The number of carbonyl (C=O) groups is 1. The number of aryl methyl sites for hydroxylation is 1. The van der Waals surface area contributed by atoms with Crippen molar-refractivity contribution in [2.24, 2.45) is 0 Å². The Hall–Kier alpha value is -1.43. The van der Waals surface area contributed by atoms with Gasteiger partial charge in [0.1, 0.15) is 0 Å². The predicted molar refractivity (Wildman–Crippen MR) is 90.1 cm³/mol. The van der Waals surface area contributed by atoms with Crippen LogP contribution in [0.15, 0.2) is 24.3 Å². The van der Waals surface area contributed by atoms with E-state index in [4.69, 9.17) is 0 Å². The minimum atomic E-state index is -0.256. The lowest BCUT2D eigenvalue weighted by Gasteiger charge is -2.35. The molecule has 2 aliphatic rings. The molecule has 3 rings (SSSR count). The van der Waals surface area contributed by atoms with E-state index in [0.29, 0.717) is 13.1 Å². The molecule has 5 nitrogen and oxygen atoms in total. The van der Waals surface area contributed by atoms with Gasteiger partial charge in [0.25, 0.3) is 0 Å². The fraction of sp³-hybridized carbons (Fsp3) is 0.611. The van der Waals surface area contributed by atoms with E-state index in [9.17, 15) is 9.90 Å². The van der Waals surface area contributed by atoms with Crippen molar-refractivity contribution in [3.05, 3.63) is 35.4 Å². The molecule has 23 heavy (non-hydrogen) atoms. The summed E-state index contributed by atoms with van der Waals surface area (Å²) in [6, 6.07) is 8.50. The second kappa shape index (κ2) is 7.43. The van der Waals surface area contributed by atoms with E-state index < -0.39 is 0 Å². The van der Waals surface area contributed by atoms with Crippen LogP contribution in [0.25, 0.3) is 0 Å². The second-order valence-electron chi connectivity index (χ2n) is 6.76. The van der Waals surface area contributed by atoms with Gasteiger partial charge in [0.05, 0.1) is 12.6 Å². The van der Waals surface area contributed by atoms with Crippen molar-refractivity contribution in [3.63, 3.8) is 0 Å². The minimum Gasteiger partial charge on any atom is -0.392 e. The van der Waals surface area contributed by atoms with E-state index in [1.54, 1.807) is 0 Å². The van der Waals surface area contributed by atoms with Gasteiger partial charge < -0.3 is 10.0 Å². The van der Waals surface area contributed by atoms with Crippen LogP contribution in [0.4, 0.5) is 0 Å². The van der Waals surface area contributed by atoms with Crippen LogP contribution in [0.3, 0.4) is 0 Å². The molecule has 126 valence electrons. The minimum absolute atomic E-state index is 0.203. The second-order valence-corrected chi connectivity index (χ2v) is 6.76. The molecule has 1 N–H and O–H groups in total. The quantitative estimate of drug-likeness (QED) is 0.888. The number of nitrogens with zero attached hydrogens (tertiary/aromatic N) is 3. The first kappa shape index (κ1) is 16.4. The number of hydrogen-bond acceptors (Lipinski definition) is 4. The molecular weight excluding hydrogens is 290 g/mol. The summed E-state index contributed by atoms with van der Waals surface area (Å²) in [6.07, 6.45) is 0.533. The molecule has 1 aromatic carbocycles. The van der Waals surface area contributed by atoms with Gasteiger partial charge in [0.2, 0.25) is 5.91 Å². The molecule has 0 saturated carbocycles. The number of aliphatic hydroxyl groups excluding tert-OH is 1. The number of benzene rings is 1. The predicted octanol–water partition coefficient (Wildman–Crippen LogP) is 0.706. The number of amides is 1. The highest BCUT2D eigenvalue weighted by Crippen LogP contribution is 2.13. The van der Waals surface area contributed by atoms with Crippen molar-refractivity contribution in [2.75, 3.05) is 45.8 Å². The highest BCUT2D eigenvalue weighted by Gasteiger charge is 2.26. The lowest BCUT2D eigenvalue weighted by Crippen LogP contribution is -2.50. The molecular formula is C18H27N3O2. The number of likely N-dealkylation sites (tertiary alicyclic amines) is 1. The Morgan fingerprint density at radius 1 is 1.13 bits per heavy atom. The van der Waals surface area contributed by atoms with Gasteiger partial charge in [-0.05, 0) is 24.5 Å². The number of aliphatic hydroxyl groups is 1. The summed E-state index contributed by atoms with van der Waals surface area (Å²) in [5.41, 5.74) is 2.71. The first-order valence-corrected chi connectivity index (χ1v) is 8.57. The maximum Gasteiger partial charge on any atom is 0.236 e. The number of piperazine rings is 1. The van der Waals surface area contributed by atoms with Crippen LogP contribution in [0, 0.1) is 6.92 Å². The van der Waals surface area contributed by atoms with Gasteiger partial charge in [0.15, 0.2) is 0 Å². The maximum absolute atomic E-state index is 12.4. The van der Waals surface area contributed by atoms with Gasteiger partial charge in [-0.15, -0.1) is 0 Å². The molecule has 0 aliphatic carbocycles. The molecule has 2 fully saturated rings. The molecule has 1 aromatic rings. The third kappa shape index (κ3) is 4.31. The molecule has 2 saturated heterocycles. The molecule has 2 heterocycles. The topological polar surface area (TPSA) is 47.0 Å². The van der Waals surface area contributed by atoms with Crippen molar-refractivity contribution < 1.29 is 9.90 Å². The zero-order chi connectivity index (χ0) is 16.2. The van der Waals surface area contributed by atoms with Gasteiger partial charge in [-0.25, -0.2) is 0 Å². The maximum atomic E-state index is 12.4. The Kier molecular flexibility index (Phi) is 5.30. The smallest absolute Gasteiger partial charge is 0.236 e. The van der Waals surface area contributed by atoms with Crippen LogP contribution in [0.1, 0.15) is 17.5 Å². The molecule has 1 atom stereocenters. The number of rotatable bonds is 4. The Labute approximate surface area is 138 Å². The van der Waals surface area contributed by atoms with Crippen molar-refractivity contribution in [3.8, 4) is 0 Å². The van der Waals surface area contributed by atoms with Crippen LogP contribution in [0.5, 0.6) is 0 Å². The van der Waals surface area contributed by atoms with E-state index in [0.717, 1.165) is 45.7 Å². The summed E-state index contributed by atoms with van der Waals surface area (Å²) < 4.78 is 0. The SMILES string of the molecule is Cc1ccccc1CN1CCN(C(=O)CN2CC[C@H](O)C2)CC1. The monoisotopic (exact) mass is 317 g/mol. The molecule has 0 spiro atoms. The molecule has 0 unspecified atom stereocenters. The summed E-state index contributed by atoms with van der Waals surface area (Å²) in [4.78, 5) is 18.8. The Morgan fingerprint density at radius 3 is 2.52 bits per heavy atom. The van der Waals surface area contributed by atoms with Crippen LogP contribution in [0.2, 0.25) is 0 Å². The average Bonchev–Trinajstić information content (AvgIpc) is 2.95. The Morgan fingerprint density at radius 2 is 1.87 bits per heavy atom. The Bertz CT molecular complexity index is 541. The molecule has 2 aliphatic heterocycles. The molecule has 1 amide bonds. The standard InChI is InChI=1S/C18H27N3O2/c1-15-4-2-3-5-16(15)12-19-8-10-21(11-9-19)18(23)14-20-7-6-17(22)13-20/h2-5,17,22H,6-14H2,1H3/t17-/m0/s1. The molecule has 0 bridgehead atoms. The fourth-order valence-electron chi connectivity index (χ4n) is 3.43. The zero-order valence-electron chi connectivity index (χ0n) is 13.9. The van der Waals surface area contributed by atoms with Crippen LogP contribution in [-0.4, -0.2) is 77.6 Å². The van der Waals surface area contributed by atoms with E-state index in [-0.39, 0.29) is 12.0 Å². The molecule has 0 aromatic heterocycles. The summed E-state index contributed by atoms with van der Waals surface area (Å²) in [6.45, 7) is 8.52. The van der Waals surface area contributed by atoms with Gasteiger partial charge in [-0.3, -0.25) is 14.6 Å². The fourth-order valence-corrected chi connectivity index (χ4v) is 3.43. The van der Waals surface area contributed by atoms with E-state index in [2.05, 4.69) is 41.0 Å². The van der Waals surface area contributed by atoms with Crippen molar-refractivity contribution in [1.29, 1.82) is 0 Å². The molecule has 5 heteroatoms. The normalized spacial score (nSPS) is 23.4. The van der Waals surface area contributed by atoms with Crippen LogP contribution >= 0.6 is 0 Å². The van der Waals surface area contributed by atoms with Crippen molar-refractivity contribution in [1.82, 2.24) is 14.7 Å². The summed E-state index contributed by atoms with van der Waals surface area (Å²) in [7, 11) is 0. The number of β-amino-alcohol motifs (C(OH)–C–C–N with tert-alkyl or cyclic N) is 1. The van der Waals surface area contributed by atoms with Gasteiger partial charge >= 0.3 is 0 Å². The van der Waals surface area contributed by atoms with E-state index in [1.807, 2.05) is 4.90 Å². The summed E-state index contributed by atoms with van der Waals surface area (Å²) in [5, 5.41) is 9.55. The number of hydrogen-bond donors (Lipinski definition) is 1. The molecule has 0 radical (unpaired) electrons. The van der Waals surface area contributed by atoms with Gasteiger partial charge in [-0.1, -0.05) is 24.3 Å². The van der Waals surface area contributed by atoms with E-state index in [1.165, 1.54) is 11.1 Å². The van der Waals surface area contributed by atoms with Crippen molar-refractivity contribution >= 4 is 5.91 Å². The highest BCUT2D eigenvalue weighted by molar-refractivity contribution is 5.78. The third-order valence-corrected chi connectivity index (χ3v) is 4.99. The number of carbonyl (C=O) groups excluding carboxylic acids is 1. The Balaban J connectivity index is 1.45. The third-order valence-electron chi connectivity index (χ3n) is 4.99. The summed E-state index contributed by atoms with van der Waals surface area (Å²) in [5.74, 6) is 0.203. The average molecular weight is 317 g/mol. The lowest BCUT2D eigenvalue weighted by molar-refractivity contribution is -0.134. The van der Waals surface area contributed by atoms with Crippen molar-refractivity contribution in [2.45, 2.75) is 26.0 Å². The summed E-state index contributed by atoms with van der Waals surface area (Å²) >= 11 is 0. The van der Waals surface area contributed by atoms with E-state index >= 15 is 0 Å². The largest absolute Gasteiger partial charge is 0.392 e. The zero-order valence-corrected chi connectivity index (χ0v) is 13.9. The lowest BCUT2D eigenvalue weighted by atomic mass is 10.1. The first-order chi connectivity index (χ1) is 11.1. The van der Waals surface area contributed by atoms with Gasteiger partial charge in [0, 0.05) is 45.8 Å². The van der Waals surface area contributed by atoms with Crippen LogP contribution < -0.4 is 0 Å². The van der Waals surface area contributed by atoms with Crippen LogP contribution in [-0.2, 0) is 11.3 Å². The highest BCUT2D eigenvalue weighted by atomic mass is 16.3. The van der Waals surface area contributed by atoms with Gasteiger partial charge in [-0.2, -0.15) is 0 Å².